The number of pyridine rings is 1. The standard InChI is InChI=1S/C17H17ClN2O4S/c18-12-8-11-2-1-4-19-16(11)13(9-12)17(21)20-5-7-25(22,23)15-10-24-6-3-14(15)20/h1-2,4,8-9,14-15H,3,5-7,10H2. The van der Waals surface area contributed by atoms with Gasteiger partial charge in [0.05, 0.1) is 29.5 Å². The van der Waals surface area contributed by atoms with E-state index < -0.39 is 15.1 Å². The Bertz CT molecular complexity index is 947. The molecule has 0 spiro atoms. The third-order valence-corrected chi connectivity index (χ3v) is 7.25. The van der Waals surface area contributed by atoms with Gasteiger partial charge in [-0.2, -0.15) is 0 Å². The average molecular weight is 381 g/mol. The van der Waals surface area contributed by atoms with Crippen LogP contribution in [0.15, 0.2) is 30.5 Å². The number of ether oxygens (including phenoxy) is 1. The van der Waals surface area contributed by atoms with E-state index in [9.17, 15) is 13.2 Å². The Kier molecular flexibility index (Phi) is 4.17. The lowest BCUT2D eigenvalue weighted by atomic mass is 10.0. The van der Waals surface area contributed by atoms with Crippen LogP contribution < -0.4 is 0 Å². The number of rotatable bonds is 1. The van der Waals surface area contributed by atoms with Crippen LogP contribution in [0.3, 0.4) is 0 Å². The summed E-state index contributed by atoms with van der Waals surface area (Å²) in [4.78, 5) is 19.2. The maximum absolute atomic E-state index is 13.2. The predicted octanol–water partition coefficient (Wildman–Crippen LogP) is 1.92. The van der Waals surface area contributed by atoms with Gasteiger partial charge in [0.25, 0.3) is 5.91 Å². The Balaban J connectivity index is 1.76. The lowest BCUT2D eigenvalue weighted by Gasteiger charge is -2.43. The Hall–Kier alpha value is -1.70. The molecule has 1 amide bonds. The lowest BCUT2D eigenvalue weighted by molar-refractivity contribution is 0.0295. The SMILES string of the molecule is O=C(c1cc(Cl)cc2cccnc12)N1CCS(=O)(=O)C2COCCC21. The van der Waals surface area contributed by atoms with Crippen LogP contribution in [0.2, 0.25) is 5.02 Å². The van der Waals surface area contributed by atoms with Gasteiger partial charge in [0, 0.05) is 29.8 Å². The van der Waals surface area contributed by atoms with Gasteiger partial charge in [-0.3, -0.25) is 9.78 Å². The molecule has 2 fully saturated rings. The predicted molar refractivity (Wildman–Crippen MR) is 94.6 cm³/mol. The van der Waals surface area contributed by atoms with E-state index in [1.54, 1.807) is 29.3 Å². The molecule has 3 heterocycles. The van der Waals surface area contributed by atoms with E-state index in [1.807, 2.05) is 6.07 Å². The number of nitrogens with zero attached hydrogens (tertiary/aromatic N) is 2. The monoisotopic (exact) mass is 380 g/mol. The second kappa shape index (κ2) is 6.23. The molecule has 1 aromatic carbocycles. The topological polar surface area (TPSA) is 76.6 Å². The number of hydrogen-bond acceptors (Lipinski definition) is 5. The molecule has 0 radical (unpaired) electrons. The molecule has 25 heavy (non-hydrogen) atoms. The van der Waals surface area contributed by atoms with Crippen LogP contribution in [0.1, 0.15) is 16.8 Å². The van der Waals surface area contributed by atoms with E-state index in [0.717, 1.165) is 5.39 Å². The highest BCUT2D eigenvalue weighted by molar-refractivity contribution is 7.92. The zero-order chi connectivity index (χ0) is 17.6. The number of amides is 1. The molecule has 0 bridgehead atoms. The molecule has 0 aliphatic carbocycles. The van der Waals surface area contributed by atoms with Crippen LogP contribution in [0, 0.1) is 0 Å². The molecule has 2 aliphatic heterocycles. The molecule has 2 unspecified atom stereocenters. The molecular weight excluding hydrogens is 364 g/mol. The molecule has 2 aliphatic rings. The van der Waals surface area contributed by atoms with Gasteiger partial charge in [-0.1, -0.05) is 17.7 Å². The van der Waals surface area contributed by atoms with E-state index in [1.165, 1.54) is 0 Å². The first kappa shape index (κ1) is 16.8. The number of carbonyl (C=O) groups excluding carboxylic acids is 1. The van der Waals surface area contributed by atoms with Gasteiger partial charge in [-0.25, -0.2) is 8.42 Å². The van der Waals surface area contributed by atoms with Crippen LogP contribution in [-0.4, -0.2) is 61.0 Å². The van der Waals surface area contributed by atoms with Gasteiger partial charge in [0.15, 0.2) is 9.84 Å². The average Bonchev–Trinajstić information content (AvgIpc) is 2.61. The summed E-state index contributed by atoms with van der Waals surface area (Å²) in [7, 11) is -3.24. The van der Waals surface area contributed by atoms with E-state index >= 15 is 0 Å². The van der Waals surface area contributed by atoms with Gasteiger partial charge in [-0.15, -0.1) is 0 Å². The van der Waals surface area contributed by atoms with Crippen molar-refractivity contribution >= 4 is 38.2 Å². The highest BCUT2D eigenvalue weighted by Crippen LogP contribution is 2.30. The Morgan fingerprint density at radius 3 is 3.04 bits per heavy atom. The van der Waals surface area contributed by atoms with Crippen molar-refractivity contribution in [1.82, 2.24) is 9.88 Å². The molecule has 2 aromatic rings. The van der Waals surface area contributed by atoms with Crippen molar-refractivity contribution in [2.45, 2.75) is 17.7 Å². The fourth-order valence-corrected chi connectivity index (χ4v) is 5.71. The third kappa shape index (κ3) is 2.90. The lowest BCUT2D eigenvalue weighted by Crippen LogP contribution is -2.60. The number of hydrogen-bond donors (Lipinski definition) is 0. The zero-order valence-electron chi connectivity index (χ0n) is 13.4. The number of aromatic nitrogens is 1. The van der Waals surface area contributed by atoms with Gasteiger partial charge in [0.2, 0.25) is 0 Å². The highest BCUT2D eigenvalue weighted by atomic mass is 35.5. The minimum Gasteiger partial charge on any atom is -0.380 e. The fraction of sp³-hybridized carbons (Fsp3) is 0.412. The third-order valence-electron chi connectivity index (χ3n) is 4.91. The summed E-state index contributed by atoms with van der Waals surface area (Å²) >= 11 is 6.18. The zero-order valence-corrected chi connectivity index (χ0v) is 15.0. The minimum absolute atomic E-state index is 0.0464. The van der Waals surface area contributed by atoms with Crippen molar-refractivity contribution in [3.05, 3.63) is 41.0 Å². The number of benzene rings is 1. The molecule has 6 nitrogen and oxygen atoms in total. The molecule has 8 heteroatoms. The van der Waals surface area contributed by atoms with Gasteiger partial charge in [0.1, 0.15) is 5.25 Å². The Morgan fingerprint density at radius 1 is 1.36 bits per heavy atom. The molecule has 0 N–H and O–H groups in total. The molecule has 0 saturated carbocycles. The van der Waals surface area contributed by atoms with Crippen molar-refractivity contribution < 1.29 is 17.9 Å². The normalized spacial score (nSPS) is 25.6. The largest absolute Gasteiger partial charge is 0.380 e. The van der Waals surface area contributed by atoms with E-state index in [2.05, 4.69) is 4.98 Å². The van der Waals surface area contributed by atoms with E-state index in [-0.39, 0.29) is 30.9 Å². The van der Waals surface area contributed by atoms with Crippen molar-refractivity contribution in [2.75, 3.05) is 25.5 Å². The molecule has 2 saturated heterocycles. The summed E-state index contributed by atoms with van der Waals surface area (Å²) in [5.74, 6) is -0.271. The molecule has 2 atom stereocenters. The maximum Gasteiger partial charge on any atom is 0.256 e. The Labute approximate surface area is 150 Å². The highest BCUT2D eigenvalue weighted by Gasteiger charge is 2.45. The van der Waals surface area contributed by atoms with Crippen LogP contribution in [0.25, 0.3) is 10.9 Å². The van der Waals surface area contributed by atoms with Crippen molar-refractivity contribution in [3.8, 4) is 0 Å². The first-order valence-electron chi connectivity index (χ1n) is 8.12. The summed E-state index contributed by atoms with van der Waals surface area (Å²) in [5, 5.41) is 0.584. The smallest absolute Gasteiger partial charge is 0.256 e. The summed E-state index contributed by atoms with van der Waals surface area (Å²) in [5.41, 5.74) is 0.988. The number of fused-ring (bicyclic) bond motifs is 2. The number of halogens is 1. The quantitative estimate of drug-likeness (QED) is 0.755. The maximum atomic E-state index is 13.2. The summed E-state index contributed by atoms with van der Waals surface area (Å²) in [6, 6.07) is 6.64. The fourth-order valence-electron chi connectivity index (χ4n) is 3.67. The first-order valence-corrected chi connectivity index (χ1v) is 10.2. The van der Waals surface area contributed by atoms with E-state index in [0.29, 0.717) is 29.1 Å². The van der Waals surface area contributed by atoms with Gasteiger partial charge < -0.3 is 9.64 Å². The van der Waals surface area contributed by atoms with Crippen LogP contribution in [0.5, 0.6) is 0 Å². The molecular formula is C17H17ClN2O4S. The second-order valence-electron chi connectivity index (χ2n) is 6.36. The van der Waals surface area contributed by atoms with Crippen molar-refractivity contribution in [1.29, 1.82) is 0 Å². The molecule has 132 valence electrons. The molecule has 4 rings (SSSR count). The van der Waals surface area contributed by atoms with Crippen LogP contribution in [-0.2, 0) is 14.6 Å². The van der Waals surface area contributed by atoms with Gasteiger partial charge in [-0.05, 0) is 24.6 Å². The minimum atomic E-state index is -3.24. The number of carbonyl (C=O) groups is 1. The number of sulfone groups is 1. The summed E-state index contributed by atoms with van der Waals surface area (Å²) in [6.45, 7) is 0.781. The Morgan fingerprint density at radius 2 is 2.20 bits per heavy atom. The first-order chi connectivity index (χ1) is 12.0. The van der Waals surface area contributed by atoms with Crippen LogP contribution in [0.4, 0.5) is 0 Å². The van der Waals surface area contributed by atoms with Crippen molar-refractivity contribution in [3.63, 3.8) is 0 Å². The van der Waals surface area contributed by atoms with Gasteiger partial charge >= 0.3 is 0 Å². The summed E-state index contributed by atoms with van der Waals surface area (Å²) < 4.78 is 30.0. The second-order valence-corrected chi connectivity index (χ2v) is 9.14. The van der Waals surface area contributed by atoms with Crippen LogP contribution >= 0.6 is 11.6 Å². The van der Waals surface area contributed by atoms with E-state index in [4.69, 9.17) is 16.3 Å². The summed E-state index contributed by atoms with van der Waals surface area (Å²) in [6.07, 6.45) is 2.15. The molecule has 1 aromatic heterocycles. The van der Waals surface area contributed by atoms with Crippen molar-refractivity contribution in [2.24, 2.45) is 0 Å².